The molecule has 7 heteroatoms. The normalized spacial score (nSPS) is 10.2. The third kappa shape index (κ3) is 5.81. The van der Waals surface area contributed by atoms with E-state index in [-0.39, 0.29) is 12.5 Å². The Balaban J connectivity index is 1.52. The van der Waals surface area contributed by atoms with Crippen molar-refractivity contribution >= 4 is 28.9 Å². The van der Waals surface area contributed by atoms with Gasteiger partial charge in [-0.3, -0.25) is 4.79 Å². The number of halogens is 1. The van der Waals surface area contributed by atoms with Gasteiger partial charge in [0.05, 0.1) is 24.9 Å². The number of hydrogen-bond acceptors (Lipinski definition) is 5. The van der Waals surface area contributed by atoms with Crippen molar-refractivity contribution < 1.29 is 19.0 Å². The molecule has 3 aromatic rings. The number of ether oxygens (including phenoxy) is 3. The molecule has 0 unspecified atom stereocenters. The Kier molecular flexibility index (Phi) is 7.40. The summed E-state index contributed by atoms with van der Waals surface area (Å²) in [5, 5.41) is 6.51. The summed E-state index contributed by atoms with van der Waals surface area (Å²) < 4.78 is 15.9. The van der Waals surface area contributed by atoms with Gasteiger partial charge in [-0.1, -0.05) is 29.8 Å². The van der Waals surface area contributed by atoms with Crippen LogP contribution in [0, 0.1) is 0 Å². The van der Waals surface area contributed by atoms with Crippen LogP contribution in [0.4, 0.5) is 11.4 Å². The maximum atomic E-state index is 12.2. The maximum Gasteiger partial charge on any atom is 0.262 e. The van der Waals surface area contributed by atoms with Gasteiger partial charge in [0.1, 0.15) is 17.2 Å². The topological polar surface area (TPSA) is 68.8 Å². The van der Waals surface area contributed by atoms with Gasteiger partial charge in [0.25, 0.3) is 5.91 Å². The lowest BCUT2D eigenvalue weighted by atomic mass is 10.2. The van der Waals surface area contributed by atoms with E-state index < -0.39 is 0 Å². The second-order valence-corrected chi connectivity index (χ2v) is 6.79. The summed E-state index contributed by atoms with van der Waals surface area (Å²) in [6, 6.07) is 20.3. The van der Waals surface area contributed by atoms with E-state index in [9.17, 15) is 4.79 Å². The number of anilines is 2. The second kappa shape index (κ2) is 10.4. The van der Waals surface area contributed by atoms with Gasteiger partial charge in [-0.05, 0) is 54.1 Å². The number of amides is 1. The smallest absolute Gasteiger partial charge is 0.262 e. The van der Waals surface area contributed by atoms with Crippen LogP contribution in [0.5, 0.6) is 17.2 Å². The number of methoxy groups -OCH3 is 2. The van der Waals surface area contributed by atoms with Crippen molar-refractivity contribution in [2.75, 3.05) is 31.5 Å². The molecule has 0 bridgehead atoms. The van der Waals surface area contributed by atoms with Crippen molar-refractivity contribution in [1.82, 2.24) is 0 Å². The number of carbonyl (C=O) groups excluding carboxylic acids is 1. The molecular weight excluding hydrogens is 404 g/mol. The Hall–Kier alpha value is -3.38. The average Bonchev–Trinajstić information content (AvgIpc) is 2.77. The minimum Gasteiger partial charge on any atom is -0.497 e. The van der Waals surface area contributed by atoms with Crippen LogP contribution in [0.25, 0.3) is 0 Å². The molecule has 0 aliphatic carbocycles. The molecule has 0 radical (unpaired) electrons. The lowest BCUT2D eigenvalue weighted by Gasteiger charge is -2.12. The largest absolute Gasteiger partial charge is 0.497 e. The molecule has 3 aromatic carbocycles. The van der Waals surface area contributed by atoms with Gasteiger partial charge >= 0.3 is 0 Å². The number of benzene rings is 3. The van der Waals surface area contributed by atoms with Crippen LogP contribution >= 0.6 is 11.6 Å². The van der Waals surface area contributed by atoms with Crippen LogP contribution in [0.1, 0.15) is 5.56 Å². The van der Waals surface area contributed by atoms with Gasteiger partial charge in [-0.25, -0.2) is 0 Å². The molecule has 6 nitrogen and oxygen atoms in total. The van der Waals surface area contributed by atoms with Crippen LogP contribution in [0.3, 0.4) is 0 Å². The minimum atomic E-state index is -0.305. The van der Waals surface area contributed by atoms with Gasteiger partial charge in [-0.2, -0.15) is 0 Å². The molecular formula is C23H23ClN2O4. The van der Waals surface area contributed by atoms with E-state index in [1.807, 2.05) is 48.5 Å². The fraction of sp³-hybridized carbons (Fsp3) is 0.174. The first-order valence-corrected chi connectivity index (χ1v) is 9.69. The molecule has 0 spiro atoms. The number of nitrogens with one attached hydrogen (secondary N) is 2. The van der Waals surface area contributed by atoms with Crippen LogP contribution in [0.2, 0.25) is 5.02 Å². The van der Waals surface area contributed by atoms with Gasteiger partial charge in [0.2, 0.25) is 0 Å². The van der Waals surface area contributed by atoms with E-state index >= 15 is 0 Å². The Bertz CT molecular complexity index is 993. The van der Waals surface area contributed by atoms with Crippen molar-refractivity contribution in [3.05, 3.63) is 77.3 Å². The molecule has 0 fully saturated rings. The quantitative estimate of drug-likeness (QED) is 0.504. The molecule has 0 saturated carbocycles. The zero-order chi connectivity index (χ0) is 21.3. The van der Waals surface area contributed by atoms with E-state index in [0.29, 0.717) is 28.8 Å². The predicted octanol–water partition coefficient (Wildman–Crippen LogP) is 4.99. The van der Waals surface area contributed by atoms with E-state index in [2.05, 4.69) is 10.6 Å². The lowest BCUT2D eigenvalue weighted by molar-refractivity contribution is -0.118. The van der Waals surface area contributed by atoms with Gasteiger partial charge in [0, 0.05) is 12.2 Å². The third-order valence-corrected chi connectivity index (χ3v) is 4.62. The molecule has 3 rings (SSSR count). The molecule has 0 aliphatic rings. The van der Waals surface area contributed by atoms with Crippen LogP contribution in [-0.4, -0.2) is 26.7 Å². The van der Waals surface area contributed by atoms with E-state index in [1.165, 1.54) is 0 Å². The van der Waals surface area contributed by atoms with Crippen LogP contribution < -0.4 is 24.8 Å². The van der Waals surface area contributed by atoms with Crippen molar-refractivity contribution in [2.24, 2.45) is 0 Å². The monoisotopic (exact) mass is 426 g/mol. The average molecular weight is 427 g/mol. The van der Waals surface area contributed by atoms with Crippen molar-refractivity contribution in [3.8, 4) is 17.2 Å². The number of rotatable bonds is 9. The van der Waals surface area contributed by atoms with Gasteiger partial charge < -0.3 is 24.8 Å². The highest BCUT2D eigenvalue weighted by Crippen LogP contribution is 2.27. The first-order chi connectivity index (χ1) is 14.6. The van der Waals surface area contributed by atoms with Crippen LogP contribution in [0.15, 0.2) is 66.7 Å². The summed E-state index contributed by atoms with van der Waals surface area (Å²) in [4.78, 5) is 12.2. The Morgan fingerprint density at radius 3 is 2.40 bits per heavy atom. The van der Waals surface area contributed by atoms with Gasteiger partial charge in [0.15, 0.2) is 6.61 Å². The molecule has 156 valence electrons. The highest BCUT2D eigenvalue weighted by atomic mass is 35.5. The van der Waals surface area contributed by atoms with Crippen molar-refractivity contribution in [3.63, 3.8) is 0 Å². The molecule has 30 heavy (non-hydrogen) atoms. The van der Waals surface area contributed by atoms with Crippen LogP contribution in [-0.2, 0) is 11.3 Å². The minimum absolute atomic E-state index is 0.165. The number of hydrogen-bond donors (Lipinski definition) is 2. The zero-order valence-electron chi connectivity index (χ0n) is 16.8. The SMILES string of the molecule is COc1ccc(NCc2ccc(OCC(=O)Nc3ccccc3OC)c(Cl)c2)cc1. The van der Waals surface area contributed by atoms with E-state index in [1.54, 1.807) is 32.4 Å². The summed E-state index contributed by atoms with van der Waals surface area (Å²) in [7, 11) is 3.18. The Labute approximate surface area is 180 Å². The molecule has 0 heterocycles. The van der Waals surface area contributed by atoms with E-state index in [4.69, 9.17) is 25.8 Å². The summed E-state index contributed by atoms with van der Waals surface area (Å²) in [5.74, 6) is 1.53. The molecule has 0 aromatic heterocycles. The predicted molar refractivity (Wildman–Crippen MR) is 119 cm³/mol. The maximum absolute atomic E-state index is 12.2. The molecule has 0 aliphatic heterocycles. The summed E-state index contributed by atoms with van der Waals surface area (Å²) in [6.45, 7) is 0.432. The van der Waals surface area contributed by atoms with E-state index in [0.717, 1.165) is 17.0 Å². The zero-order valence-corrected chi connectivity index (χ0v) is 17.5. The fourth-order valence-electron chi connectivity index (χ4n) is 2.76. The highest BCUT2D eigenvalue weighted by Gasteiger charge is 2.10. The fourth-order valence-corrected chi connectivity index (χ4v) is 3.02. The summed E-state index contributed by atoms with van der Waals surface area (Å²) >= 11 is 6.32. The highest BCUT2D eigenvalue weighted by molar-refractivity contribution is 6.32. The lowest BCUT2D eigenvalue weighted by Crippen LogP contribution is -2.20. The van der Waals surface area contributed by atoms with Crippen molar-refractivity contribution in [2.45, 2.75) is 6.54 Å². The number of para-hydroxylation sites is 2. The molecule has 0 saturated heterocycles. The summed E-state index contributed by atoms with van der Waals surface area (Å²) in [6.07, 6.45) is 0. The first-order valence-electron chi connectivity index (χ1n) is 9.31. The standard InChI is InChI=1S/C23H23ClN2O4/c1-28-18-10-8-17(9-11-18)25-14-16-7-12-21(19(24)13-16)30-15-23(27)26-20-5-3-4-6-22(20)29-2/h3-13,25H,14-15H2,1-2H3,(H,26,27). The first kappa shape index (κ1) is 21.3. The number of carbonyl (C=O) groups is 1. The second-order valence-electron chi connectivity index (χ2n) is 6.38. The van der Waals surface area contributed by atoms with Gasteiger partial charge in [-0.15, -0.1) is 0 Å². The Morgan fingerprint density at radius 1 is 0.933 bits per heavy atom. The van der Waals surface area contributed by atoms with Crippen molar-refractivity contribution in [1.29, 1.82) is 0 Å². The third-order valence-electron chi connectivity index (χ3n) is 4.32. The molecule has 2 N–H and O–H groups in total. The summed E-state index contributed by atoms with van der Waals surface area (Å²) in [5.41, 5.74) is 2.54. The molecule has 1 amide bonds. The molecule has 0 atom stereocenters. The Morgan fingerprint density at radius 2 is 1.70 bits per heavy atom.